The Kier molecular flexibility index (Phi) is 6.53. The van der Waals surface area contributed by atoms with E-state index in [-0.39, 0.29) is 5.82 Å². The van der Waals surface area contributed by atoms with Crippen molar-refractivity contribution in [3.8, 4) is 22.8 Å². The molecule has 3 nitrogen and oxygen atoms in total. The van der Waals surface area contributed by atoms with Gasteiger partial charge in [0.25, 0.3) is 0 Å². The molecule has 4 rings (SSSR count). The van der Waals surface area contributed by atoms with Gasteiger partial charge in [0.05, 0.1) is 19.3 Å². The highest BCUT2D eigenvalue weighted by atomic mass is 35.5. The van der Waals surface area contributed by atoms with Gasteiger partial charge in [-0.05, 0) is 53.6 Å². The van der Waals surface area contributed by atoms with Crippen LogP contribution in [0.1, 0.15) is 36.8 Å². The van der Waals surface area contributed by atoms with Crippen LogP contribution in [0.5, 0.6) is 11.6 Å². The standard InChI is InChI=1S/C25H25ClFNO2/c1-29-22-11-10-20(25(27)24(22)19-7-4-8-21(26)14-19)13-18-9-12-23(28-15-18)30-16-17-5-2-3-6-17/h4,7-12,14-15,17H,2-3,5-6,13,16H2,1H3. The average molecular weight is 426 g/mol. The lowest BCUT2D eigenvalue weighted by Crippen LogP contribution is -2.08. The summed E-state index contributed by atoms with van der Waals surface area (Å²) in [5.41, 5.74) is 2.60. The summed E-state index contributed by atoms with van der Waals surface area (Å²) >= 11 is 6.11. The number of methoxy groups -OCH3 is 1. The van der Waals surface area contributed by atoms with E-state index < -0.39 is 0 Å². The fraction of sp³-hybridized carbons (Fsp3) is 0.320. The number of nitrogens with zero attached hydrogens (tertiary/aromatic N) is 1. The van der Waals surface area contributed by atoms with Gasteiger partial charge in [-0.25, -0.2) is 9.37 Å². The Morgan fingerprint density at radius 1 is 1.10 bits per heavy atom. The molecular weight excluding hydrogens is 401 g/mol. The lowest BCUT2D eigenvalue weighted by atomic mass is 9.97. The summed E-state index contributed by atoms with van der Waals surface area (Å²) in [6.45, 7) is 0.725. The number of aromatic nitrogens is 1. The molecule has 2 aromatic carbocycles. The van der Waals surface area contributed by atoms with Gasteiger partial charge in [-0.15, -0.1) is 0 Å². The van der Waals surface area contributed by atoms with Crippen molar-refractivity contribution in [1.82, 2.24) is 4.98 Å². The van der Waals surface area contributed by atoms with Crippen molar-refractivity contribution < 1.29 is 13.9 Å². The van der Waals surface area contributed by atoms with E-state index in [1.807, 2.05) is 18.2 Å². The van der Waals surface area contributed by atoms with Gasteiger partial charge in [0.15, 0.2) is 0 Å². The molecule has 0 N–H and O–H groups in total. The zero-order valence-electron chi connectivity index (χ0n) is 17.0. The van der Waals surface area contributed by atoms with Gasteiger partial charge >= 0.3 is 0 Å². The van der Waals surface area contributed by atoms with Gasteiger partial charge in [-0.3, -0.25) is 0 Å². The number of halogens is 2. The number of rotatable bonds is 7. The molecule has 0 saturated heterocycles. The fourth-order valence-corrected chi connectivity index (χ4v) is 4.21. The first-order valence-electron chi connectivity index (χ1n) is 10.3. The van der Waals surface area contributed by atoms with Crippen LogP contribution in [0.25, 0.3) is 11.1 Å². The molecule has 156 valence electrons. The molecule has 0 radical (unpaired) electrons. The predicted octanol–water partition coefficient (Wildman–Crippen LogP) is 6.71. The van der Waals surface area contributed by atoms with E-state index in [1.165, 1.54) is 32.8 Å². The largest absolute Gasteiger partial charge is 0.496 e. The minimum Gasteiger partial charge on any atom is -0.496 e. The maximum absolute atomic E-state index is 15.4. The Hall–Kier alpha value is -2.59. The van der Waals surface area contributed by atoms with Gasteiger partial charge in [-0.1, -0.05) is 48.7 Å². The van der Waals surface area contributed by atoms with Crippen LogP contribution in [0, 0.1) is 11.7 Å². The lowest BCUT2D eigenvalue weighted by molar-refractivity contribution is 0.243. The number of pyridine rings is 1. The van der Waals surface area contributed by atoms with Crippen molar-refractivity contribution in [3.05, 3.63) is 76.7 Å². The van der Waals surface area contributed by atoms with Gasteiger partial charge in [0, 0.05) is 23.7 Å². The highest BCUT2D eigenvalue weighted by Crippen LogP contribution is 2.36. The van der Waals surface area contributed by atoms with Crippen LogP contribution in [0.2, 0.25) is 5.02 Å². The van der Waals surface area contributed by atoms with Crippen LogP contribution in [-0.4, -0.2) is 18.7 Å². The van der Waals surface area contributed by atoms with E-state index >= 15 is 4.39 Å². The van der Waals surface area contributed by atoms with Crippen molar-refractivity contribution in [3.63, 3.8) is 0 Å². The highest BCUT2D eigenvalue weighted by molar-refractivity contribution is 6.30. The zero-order valence-corrected chi connectivity index (χ0v) is 17.8. The van der Waals surface area contributed by atoms with Crippen LogP contribution in [-0.2, 0) is 6.42 Å². The smallest absolute Gasteiger partial charge is 0.213 e. The zero-order chi connectivity index (χ0) is 20.9. The monoisotopic (exact) mass is 425 g/mol. The first-order valence-corrected chi connectivity index (χ1v) is 10.7. The molecule has 5 heteroatoms. The number of hydrogen-bond donors (Lipinski definition) is 0. The van der Waals surface area contributed by atoms with Crippen molar-refractivity contribution in [1.29, 1.82) is 0 Å². The first-order chi connectivity index (χ1) is 14.6. The van der Waals surface area contributed by atoms with Crippen molar-refractivity contribution >= 4 is 11.6 Å². The molecule has 0 aliphatic heterocycles. The second-order valence-electron chi connectivity index (χ2n) is 7.77. The minimum atomic E-state index is -0.307. The van der Waals surface area contributed by atoms with Crippen LogP contribution < -0.4 is 9.47 Å². The molecule has 3 aromatic rings. The van der Waals surface area contributed by atoms with E-state index in [0.29, 0.717) is 45.7 Å². The van der Waals surface area contributed by atoms with Crippen LogP contribution in [0.4, 0.5) is 4.39 Å². The molecule has 30 heavy (non-hydrogen) atoms. The van der Waals surface area contributed by atoms with E-state index in [9.17, 15) is 0 Å². The predicted molar refractivity (Wildman–Crippen MR) is 118 cm³/mol. The van der Waals surface area contributed by atoms with Gasteiger partial charge in [-0.2, -0.15) is 0 Å². The van der Waals surface area contributed by atoms with Crippen molar-refractivity contribution in [2.24, 2.45) is 5.92 Å². The van der Waals surface area contributed by atoms with E-state index in [2.05, 4.69) is 4.98 Å². The van der Waals surface area contributed by atoms with E-state index in [4.69, 9.17) is 21.1 Å². The first kappa shape index (κ1) is 20.7. The summed E-state index contributed by atoms with van der Waals surface area (Å²) in [6.07, 6.45) is 7.26. The third kappa shape index (κ3) is 4.76. The number of hydrogen-bond acceptors (Lipinski definition) is 3. The maximum Gasteiger partial charge on any atom is 0.213 e. The van der Waals surface area contributed by atoms with Gasteiger partial charge in [0.2, 0.25) is 5.88 Å². The topological polar surface area (TPSA) is 31.4 Å². The molecule has 1 aliphatic rings. The average Bonchev–Trinajstić information content (AvgIpc) is 3.28. The normalized spacial score (nSPS) is 14.1. The van der Waals surface area contributed by atoms with Crippen molar-refractivity contribution in [2.45, 2.75) is 32.1 Å². The quantitative estimate of drug-likeness (QED) is 0.421. The molecule has 1 aliphatic carbocycles. The van der Waals surface area contributed by atoms with Crippen LogP contribution in [0.3, 0.4) is 0 Å². The second-order valence-corrected chi connectivity index (χ2v) is 8.21. The third-order valence-electron chi connectivity index (χ3n) is 5.65. The maximum atomic E-state index is 15.4. The third-order valence-corrected chi connectivity index (χ3v) is 5.89. The molecular formula is C25H25ClFNO2. The fourth-order valence-electron chi connectivity index (χ4n) is 4.02. The highest BCUT2D eigenvalue weighted by Gasteiger charge is 2.18. The molecule has 1 heterocycles. The number of ether oxygens (including phenoxy) is 2. The molecule has 1 fully saturated rings. The van der Waals surface area contributed by atoms with Gasteiger partial charge in [0.1, 0.15) is 11.6 Å². The summed E-state index contributed by atoms with van der Waals surface area (Å²) in [6, 6.07) is 14.5. The van der Waals surface area contributed by atoms with Crippen LogP contribution >= 0.6 is 11.6 Å². The van der Waals surface area contributed by atoms with E-state index in [0.717, 1.165) is 12.2 Å². The molecule has 1 aromatic heterocycles. The number of benzene rings is 2. The summed E-state index contributed by atoms with van der Waals surface area (Å²) in [4.78, 5) is 4.40. The summed E-state index contributed by atoms with van der Waals surface area (Å²) < 4.78 is 26.6. The van der Waals surface area contributed by atoms with Crippen molar-refractivity contribution in [2.75, 3.05) is 13.7 Å². The molecule has 0 unspecified atom stereocenters. The van der Waals surface area contributed by atoms with Gasteiger partial charge < -0.3 is 9.47 Å². The molecule has 0 amide bonds. The second kappa shape index (κ2) is 9.48. The Morgan fingerprint density at radius 2 is 1.93 bits per heavy atom. The SMILES string of the molecule is COc1ccc(Cc2ccc(OCC3CCCC3)nc2)c(F)c1-c1cccc(Cl)c1. The summed E-state index contributed by atoms with van der Waals surface area (Å²) in [5.74, 6) is 1.44. The summed E-state index contributed by atoms with van der Waals surface area (Å²) in [7, 11) is 1.54. The van der Waals surface area contributed by atoms with Crippen LogP contribution in [0.15, 0.2) is 54.7 Å². The van der Waals surface area contributed by atoms with E-state index in [1.54, 1.807) is 36.5 Å². The lowest BCUT2D eigenvalue weighted by Gasteiger charge is -2.14. The Bertz CT molecular complexity index is 1000. The minimum absolute atomic E-state index is 0.307. The molecule has 0 bridgehead atoms. The molecule has 1 saturated carbocycles. The Morgan fingerprint density at radius 3 is 2.63 bits per heavy atom. The summed E-state index contributed by atoms with van der Waals surface area (Å²) in [5, 5.41) is 0.553. The Labute approximate surface area is 181 Å². The Balaban J connectivity index is 1.52. The molecule has 0 atom stereocenters. The molecule has 0 spiro atoms.